The zero-order valence-electron chi connectivity index (χ0n) is 11.6. The number of nitrogens with one attached hydrogen (secondary N) is 1. The van der Waals surface area contributed by atoms with E-state index < -0.39 is 0 Å². The number of hydrogen-bond donors (Lipinski definition) is 1. The molecule has 2 atom stereocenters. The molecule has 3 rings (SSSR count). The van der Waals surface area contributed by atoms with Gasteiger partial charge in [0.15, 0.2) is 0 Å². The number of ether oxygens (including phenoxy) is 1. The molecule has 1 aliphatic heterocycles. The number of rotatable bonds is 1. The fourth-order valence-electron chi connectivity index (χ4n) is 3.93. The maximum absolute atomic E-state index is 5.39. The molecule has 18 heavy (non-hydrogen) atoms. The molecule has 2 heteroatoms. The molecule has 1 aromatic rings. The standard InChI is InChI=1S/C16H23NO/c1-16(2)13-5-4-8-17-15(13)9-11-6-7-12(18-3)10-14(11)16/h6-7,10,13,15,17H,4-5,8-9H2,1-3H3/t13-,15-/m0/s1. The van der Waals surface area contributed by atoms with Gasteiger partial charge < -0.3 is 10.1 Å². The van der Waals surface area contributed by atoms with Crippen molar-refractivity contribution in [2.24, 2.45) is 5.92 Å². The molecule has 1 saturated heterocycles. The van der Waals surface area contributed by atoms with Crippen LogP contribution in [0.1, 0.15) is 37.8 Å². The van der Waals surface area contributed by atoms with Gasteiger partial charge in [-0.05, 0) is 60.4 Å². The first-order valence-corrected chi connectivity index (χ1v) is 7.03. The van der Waals surface area contributed by atoms with Crippen molar-refractivity contribution in [1.82, 2.24) is 5.32 Å². The normalized spacial score (nSPS) is 29.3. The van der Waals surface area contributed by atoms with Gasteiger partial charge in [-0.3, -0.25) is 0 Å². The Morgan fingerprint density at radius 3 is 2.94 bits per heavy atom. The predicted molar refractivity (Wildman–Crippen MR) is 74.2 cm³/mol. The minimum absolute atomic E-state index is 0.250. The lowest BCUT2D eigenvalue weighted by molar-refractivity contribution is 0.168. The highest BCUT2D eigenvalue weighted by Crippen LogP contribution is 2.45. The first kappa shape index (κ1) is 12.0. The molecule has 1 aromatic carbocycles. The van der Waals surface area contributed by atoms with Crippen LogP contribution in [0.4, 0.5) is 0 Å². The molecule has 1 fully saturated rings. The molecule has 1 heterocycles. The Bertz CT molecular complexity index is 452. The lowest BCUT2D eigenvalue weighted by atomic mass is 9.61. The van der Waals surface area contributed by atoms with Crippen LogP contribution < -0.4 is 10.1 Å². The fraction of sp³-hybridized carbons (Fsp3) is 0.625. The van der Waals surface area contributed by atoms with Gasteiger partial charge in [0.1, 0.15) is 5.75 Å². The van der Waals surface area contributed by atoms with Crippen LogP contribution in [0.15, 0.2) is 18.2 Å². The lowest BCUT2D eigenvalue weighted by Crippen LogP contribution is -2.53. The summed E-state index contributed by atoms with van der Waals surface area (Å²) in [6.45, 7) is 5.98. The molecule has 2 aliphatic rings. The molecule has 0 spiro atoms. The Hall–Kier alpha value is -1.02. The number of fused-ring (bicyclic) bond motifs is 2. The second-order valence-corrected chi connectivity index (χ2v) is 6.26. The van der Waals surface area contributed by atoms with Gasteiger partial charge in [0.05, 0.1) is 7.11 Å². The van der Waals surface area contributed by atoms with Crippen molar-refractivity contribution in [3.05, 3.63) is 29.3 Å². The van der Waals surface area contributed by atoms with E-state index in [0.29, 0.717) is 6.04 Å². The van der Waals surface area contributed by atoms with E-state index >= 15 is 0 Å². The van der Waals surface area contributed by atoms with E-state index in [0.717, 1.165) is 11.7 Å². The molecule has 0 saturated carbocycles. The van der Waals surface area contributed by atoms with Gasteiger partial charge in [0.2, 0.25) is 0 Å². The molecule has 0 amide bonds. The van der Waals surface area contributed by atoms with Crippen LogP contribution >= 0.6 is 0 Å². The highest BCUT2D eigenvalue weighted by Gasteiger charge is 2.43. The zero-order valence-corrected chi connectivity index (χ0v) is 11.6. The van der Waals surface area contributed by atoms with Crippen molar-refractivity contribution in [3.8, 4) is 5.75 Å². The summed E-state index contributed by atoms with van der Waals surface area (Å²) in [4.78, 5) is 0. The van der Waals surface area contributed by atoms with Crippen molar-refractivity contribution in [1.29, 1.82) is 0 Å². The molecule has 0 aromatic heterocycles. The number of benzene rings is 1. The molecular formula is C16H23NO. The summed E-state index contributed by atoms with van der Waals surface area (Å²) in [5.41, 5.74) is 3.24. The van der Waals surface area contributed by atoms with Crippen molar-refractivity contribution in [2.75, 3.05) is 13.7 Å². The van der Waals surface area contributed by atoms with Gasteiger partial charge in [-0.25, -0.2) is 0 Å². The first-order valence-electron chi connectivity index (χ1n) is 7.03. The van der Waals surface area contributed by atoms with E-state index in [4.69, 9.17) is 4.74 Å². The summed E-state index contributed by atoms with van der Waals surface area (Å²) in [7, 11) is 1.75. The second-order valence-electron chi connectivity index (χ2n) is 6.26. The SMILES string of the molecule is COc1ccc2c(c1)C(C)(C)[C@H]1CCCN[C@H]1C2. The van der Waals surface area contributed by atoms with Gasteiger partial charge in [0.25, 0.3) is 0 Å². The largest absolute Gasteiger partial charge is 0.497 e. The fourth-order valence-corrected chi connectivity index (χ4v) is 3.93. The molecular weight excluding hydrogens is 222 g/mol. The number of hydrogen-bond acceptors (Lipinski definition) is 2. The van der Waals surface area contributed by atoms with Crippen LogP contribution in [0, 0.1) is 5.92 Å². The summed E-state index contributed by atoms with van der Waals surface area (Å²) in [6.07, 6.45) is 3.83. The third-order valence-corrected chi connectivity index (χ3v) is 4.96. The van der Waals surface area contributed by atoms with E-state index in [2.05, 4.69) is 37.4 Å². The molecule has 98 valence electrons. The Kier molecular flexibility index (Phi) is 2.86. The number of methoxy groups -OCH3 is 1. The van der Waals surface area contributed by atoms with Crippen LogP contribution in [0.2, 0.25) is 0 Å². The van der Waals surface area contributed by atoms with Crippen LogP contribution in [-0.4, -0.2) is 19.7 Å². The van der Waals surface area contributed by atoms with Crippen LogP contribution in [0.25, 0.3) is 0 Å². The lowest BCUT2D eigenvalue weighted by Gasteiger charge is -2.48. The molecule has 1 aliphatic carbocycles. The maximum Gasteiger partial charge on any atom is 0.119 e. The number of piperidine rings is 1. The topological polar surface area (TPSA) is 21.3 Å². The average molecular weight is 245 g/mol. The van der Waals surface area contributed by atoms with Crippen molar-refractivity contribution < 1.29 is 4.74 Å². The summed E-state index contributed by atoms with van der Waals surface area (Å²) >= 11 is 0. The molecule has 1 N–H and O–H groups in total. The summed E-state index contributed by atoms with van der Waals surface area (Å²) in [6, 6.07) is 7.26. The van der Waals surface area contributed by atoms with Gasteiger partial charge in [-0.2, -0.15) is 0 Å². The minimum Gasteiger partial charge on any atom is -0.497 e. The highest BCUT2D eigenvalue weighted by atomic mass is 16.5. The molecule has 2 nitrogen and oxygen atoms in total. The summed E-state index contributed by atoms with van der Waals surface area (Å²) in [5.74, 6) is 1.75. The van der Waals surface area contributed by atoms with E-state index in [1.54, 1.807) is 7.11 Å². The third-order valence-electron chi connectivity index (χ3n) is 4.96. The second kappa shape index (κ2) is 4.27. The zero-order chi connectivity index (χ0) is 12.8. The molecule has 0 bridgehead atoms. The Morgan fingerprint density at radius 2 is 2.17 bits per heavy atom. The van der Waals surface area contributed by atoms with E-state index in [1.807, 2.05) is 0 Å². The van der Waals surface area contributed by atoms with Gasteiger partial charge in [-0.15, -0.1) is 0 Å². The van der Waals surface area contributed by atoms with Crippen LogP contribution in [0.5, 0.6) is 5.75 Å². The quantitative estimate of drug-likeness (QED) is 0.821. The smallest absolute Gasteiger partial charge is 0.119 e. The monoisotopic (exact) mass is 245 g/mol. The Balaban J connectivity index is 2.06. The Labute approximate surface area is 110 Å². The van der Waals surface area contributed by atoms with E-state index in [-0.39, 0.29) is 5.41 Å². The van der Waals surface area contributed by atoms with E-state index in [1.165, 1.54) is 36.9 Å². The van der Waals surface area contributed by atoms with Gasteiger partial charge in [-0.1, -0.05) is 19.9 Å². The van der Waals surface area contributed by atoms with Crippen molar-refractivity contribution >= 4 is 0 Å². The van der Waals surface area contributed by atoms with Crippen LogP contribution in [-0.2, 0) is 11.8 Å². The predicted octanol–water partition coefficient (Wildman–Crippen LogP) is 2.90. The average Bonchev–Trinajstić information content (AvgIpc) is 2.39. The minimum atomic E-state index is 0.250. The van der Waals surface area contributed by atoms with Crippen molar-refractivity contribution in [2.45, 2.75) is 44.6 Å². The third kappa shape index (κ3) is 1.74. The molecule has 0 unspecified atom stereocenters. The van der Waals surface area contributed by atoms with Crippen molar-refractivity contribution in [3.63, 3.8) is 0 Å². The first-order chi connectivity index (χ1) is 8.63. The highest BCUT2D eigenvalue weighted by molar-refractivity contribution is 5.43. The summed E-state index contributed by atoms with van der Waals surface area (Å²) < 4.78 is 5.39. The summed E-state index contributed by atoms with van der Waals surface area (Å²) in [5, 5.41) is 3.71. The van der Waals surface area contributed by atoms with Gasteiger partial charge in [0, 0.05) is 6.04 Å². The van der Waals surface area contributed by atoms with E-state index in [9.17, 15) is 0 Å². The molecule has 0 radical (unpaired) electrons. The van der Waals surface area contributed by atoms with Gasteiger partial charge >= 0.3 is 0 Å². The van der Waals surface area contributed by atoms with Crippen LogP contribution in [0.3, 0.4) is 0 Å². The Morgan fingerprint density at radius 1 is 1.33 bits per heavy atom. The maximum atomic E-state index is 5.39.